The minimum Gasteiger partial charge on any atom is -0.406 e. The maximum absolute atomic E-state index is 12.3. The summed E-state index contributed by atoms with van der Waals surface area (Å²) < 4.78 is 45.8. The minimum atomic E-state index is -4.78. The fourth-order valence-corrected chi connectivity index (χ4v) is 2.95. The lowest BCUT2D eigenvalue weighted by Crippen LogP contribution is -2.23. The van der Waals surface area contributed by atoms with E-state index in [1.807, 2.05) is 0 Å². The molecule has 27 heavy (non-hydrogen) atoms. The molecule has 0 radical (unpaired) electrons. The summed E-state index contributed by atoms with van der Waals surface area (Å²) in [5, 5.41) is 12.0. The number of alkyl halides is 3. The van der Waals surface area contributed by atoms with E-state index in [4.69, 9.17) is 4.74 Å². The number of hydrogen-bond acceptors (Lipinski definition) is 6. The van der Waals surface area contributed by atoms with E-state index in [-0.39, 0.29) is 24.6 Å². The number of halogens is 4. The van der Waals surface area contributed by atoms with E-state index in [9.17, 15) is 23.1 Å². The molecule has 144 valence electrons. The third kappa shape index (κ3) is 5.08. The Morgan fingerprint density at radius 1 is 1.37 bits per heavy atom. The Morgan fingerprint density at radius 2 is 2.07 bits per heavy atom. The fraction of sp³-hybridized carbons (Fsp3) is 0.250. The summed E-state index contributed by atoms with van der Waals surface area (Å²) in [7, 11) is 0. The Labute approximate surface area is 159 Å². The monoisotopic (exact) mass is 447 g/mol. The molecule has 1 aromatic carbocycles. The van der Waals surface area contributed by atoms with Crippen molar-refractivity contribution in [2.75, 3.05) is 23.5 Å². The van der Waals surface area contributed by atoms with Crippen molar-refractivity contribution in [3.05, 3.63) is 46.6 Å². The number of carbonyl (C=O) groups is 1. The molecule has 7 nitrogen and oxygen atoms in total. The minimum absolute atomic E-state index is 0.171. The second-order valence-corrected chi connectivity index (χ2v) is 6.38. The second-order valence-electron chi connectivity index (χ2n) is 5.53. The molecule has 0 aliphatic carbocycles. The van der Waals surface area contributed by atoms with E-state index in [0.29, 0.717) is 16.0 Å². The van der Waals surface area contributed by atoms with Gasteiger partial charge in [0.05, 0.1) is 16.6 Å². The van der Waals surface area contributed by atoms with Gasteiger partial charge in [0.25, 0.3) is 5.91 Å². The number of β-amino-alcohol motifs (C(OH)–C–C–N with tert-alkyl or cyclic N) is 1. The molecule has 11 heteroatoms. The SMILES string of the molecule is O=C(Nc1ccc(OC(F)(F)F)cc1)c1cnc(N2COC(O)C2)c(Br)c1. The summed E-state index contributed by atoms with van der Waals surface area (Å²) in [6.45, 7) is 0.425. The number of pyridine rings is 1. The molecule has 0 bridgehead atoms. The van der Waals surface area contributed by atoms with E-state index < -0.39 is 18.6 Å². The Bertz CT molecular complexity index is 833. The summed E-state index contributed by atoms with van der Waals surface area (Å²) in [5.74, 6) is -0.363. The van der Waals surface area contributed by atoms with Gasteiger partial charge in [-0.2, -0.15) is 0 Å². The molecule has 1 fully saturated rings. The van der Waals surface area contributed by atoms with Gasteiger partial charge in [-0.05, 0) is 46.3 Å². The molecular weight excluding hydrogens is 435 g/mol. The summed E-state index contributed by atoms with van der Waals surface area (Å²) in [4.78, 5) is 18.2. The molecule has 1 saturated heterocycles. The first kappa shape index (κ1) is 19.4. The first-order chi connectivity index (χ1) is 12.7. The molecule has 1 amide bonds. The number of nitrogens with one attached hydrogen (secondary N) is 1. The normalized spacial score (nSPS) is 17.1. The van der Waals surface area contributed by atoms with Crippen LogP contribution in [0.15, 0.2) is 41.0 Å². The fourth-order valence-electron chi connectivity index (χ4n) is 2.35. The first-order valence-electron chi connectivity index (χ1n) is 7.58. The molecule has 1 aromatic heterocycles. The molecule has 3 rings (SSSR count). The van der Waals surface area contributed by atoms with Crippen molar-refractivity contribution in [1.29, 1.82) is 0 Å². The number of ether oxygens (including phenoxy) is 2. The molecule has 2 heterocycles. The Morgan fingerprint density at radius 3 is 2.63 bits per heavy atom. The maximum atomic E-state index is 12.3. The number of carbonyl (C=O) groups excluding carboxylic acids is 1. The van der Waals surface area contributed by atoms with Gasteiger partial charge in [-0.3, -0.25) is 4.79 Å². The van der Waals surface area contributed by atoms with Gasteiger partial charge in [0.1, 0.15) is 18.3 Å². The standard InChI is InChI=1S/C16H13BrF3N3O4/c17-12-5-9(6-21-14(12)23-7-13(24)26-8-23)15(25)22-10-1-3-11(4-2-10)27-16(18,19)20/h1-6,13,24H,7-8H2,(H,22,25). The lowest BCUT2D eigenvalue weighted by atomic mass is 10.2. The number of amides is 1. The highest BCUT2D eigenvalue weighted by atomic mass is 79.9. The van der Waals surface area contributed by atoms with E-state index >= 15 is 0 Å². The molecule has 1 unspecified atom stereocenters. The zero-order valence-corrected chi connectivity index (χ0v) is 15.1. The predicted molar refractivity (Wildman–Crippen MR) is 92.3 cm³/mol. The van der Waals surface area contributed by atoms with Gasteiger partial charge in [0, 0.05) is 11.9 Å². The van der Waals surface area contributed by atoms with Crippen LogP contribution in [0.4, 0.5) is 24.7 Å². The summed E-state index contributed by atoms with van der Waals surface area (Å²) in [5.41, 5.74) is 0.535. The molecule has 1 atom stereocenters. The van der Waals surface area contributed by atoms with Crippen LogP contribution in [0.5, 0.6) is 5.75 Å². The lowest BCUT2D eigenvalue weighted by Gasteiger charge is -2.16. The summed E-state index contributed by atoms with van der Waals surface area (Å²) in [6.07, 6.45) is -4.33. The van der Waals surface area contributed by atoms with E-state index in [1.165, 1.54) is 18.3 Å². The van der Waals surface area contributed by atoms with Gasteiger partial charge in [-0.15, -0.1) is 13.2 Å². The largest absolute Gasteiger partial charge is 0.573 e. The number of aliphatic hydroxyl groups is 1. The van der Waals surface area contributed by atoms with Crippen molar-refractivity contribution in [2.45, 2.75) is 12.7 Å². The smallest absolute Gasteiger partial charge is 0.406 e. The van der Waals surface area contributed by atoms with Crippen LogP contribution in [0.1, 0.15) is 10.4 Å². The number of nitrogens with zero attached hydrogens (tertiary/aromatic N) is 2. The van der Waals surface area contributed by atoms with Crippen molar-refractivity contribution in [3.63, 3.8) is 0 Å². The molecule has 2 aromatic rings. The highest BCUT2D eigenvalue weighted by Crippen LogP contribution is 2.28. The zero-order valence-electron chi connectivity index (χ0n) is 13.5. The average Bonchev–Trinajstić information content (AvgIpc) is 3.01. The molecule has 0 saturated carbocycles. The van der Waals surface area contributed by atoms with Crippen molar-refractivity contribution in [2.24, 2.45) is 0 Å². The van der Waals surface area contributed by atoms with Crippen molar-refractivity contribution >= 4 is 33.3 Å². The number of hydrogen-bond donors (Lipinski definition) is 2. The van der Waals surface area contributed by atoms with Crippen LogP contribution in [-0.2, 0) is 4.74 Å². The molecule has 1 aliphatic heterocycles. The third-order valence-electron chi connectivity index (χ3n) is 3.53. The summed E-state index contributed by atoms with van der Waals surface area (Å²) in [6, 6.07) is 6.32. The number of aromatic nitrogens is 1. The van der Waals surface area contributed by atoms with Gasteiger partial charge in [-0.1, -0.05) is 0 Å². The van der Waals surface area contributed by atoms with Crippen LogP contribution in [0, 0.1) is 0 Å². The van der Waals surface area contributed by atoms with E-state index in [1.54, 1.807) is 11.0 Å². The second kappa shape index (κ2) is 7.71. The first-order valence-corrected chi connectivity index (χ1v) is 8.38. The Kier molecular flexibility index (Phi) is 5.53. The van der Waals surface area contributed by atoms with Gasteiger partial charge in [-0.25, -0.2) is 4.98 Å². The average molecular weight is 448 g/mol. The van der Waals surface area contributed by atoms with E-state index in [0.717, 1.165) is 12.1 Å². The highest BCUT2D eigenvalue weighted by molar-refractivity contribution is 9.10. The molecular formula is C16H13BrF3N3O4. The lowest BCUT2D eigenvalue weighted by molar-refractivity contribution is -0.274. The number of rotatable bonds is 4. The van der Waals surface area contributed by atoms with Crippen molar-refractivity contribution in [1.82, 2.24) is 4.98 Å². The van der Waals surface area contributed by atoms with Crippen LogP contribution in [0.3, 0.4) is 0 Å². The van der Waals surface area contributed by atoms with Crippen molar-refractivity contribution in [3.8, 4) is 5.75 Å². The van der Waals surface area contributed by atoms with Gasteiger partial charge in [0.2, 0.25) is 0 Å². The van der Waals surface area contributed by atoms with Crippen LogP contribution in [0.2, 0.25) is 0 Å². The highest BCUT2D eigenvalue weighted by Gasteiger charge is 2.31. The maximum Gasteiger partial charge on any atom is 0.573 e. The molecule has 0 spiro atoms. The number of anilines is 2. The van der Waals surface area contributed by atoms with Crippen LogP contribution >= 0.6 is 15.9 Å². The molecule has 1 aliphatic rings. The zero-order chi connectivity index (χ0) is 19.6. The van der Waals surface area contributed by atoms with Crippen LogP contribution in [0.25, 0.3) is 0 Å². The number of aliphatic hydroxyl groups excluding tert-OH is 1. The van der Waals surface area contributed by atoms with Crippen LogP contribution in [-0.4, -0.2) is 41.9 Å². The molecule has 2 N–H and O–H groups in total. The van der Waals surface area contributed by atoms with Gasteiger partial charge in [0.15, 0.2) is 6.29 Å². The topological polar surface area (TPSA) is 83.9 Å². The third-order valence-corrected chi connectivity index (χ3v) is 4.11. The van der Waals surface area contributed by atoms with E-state index in [2.05, 4.69) is 31.0 Å². The van der Waals surface area contributed by atoms with Crippen molar-refractivity contribution < 1.29 is 32.5 Å². The quantitative estimate of drug-likeness (QED) is 0.748. The van der Waals surface area contributed by atoms with Gasteiger partial charge >= 0.3 is 6.36 Å². The Hall–Kier alpha value is -2.37. The van der Waals surface area contributed by atoms with Crippen LogP contribution < -0.4 is 15.0 Å². The van der Waals surface area contributed by atoms with Gasteiger partial charge < -0.3 is 24.8 Å². The summed E-state index contributed by atoms with van der Waals surface area (Å²) >= 11 is 3.32. The number of benzene rings is 1. The Balaban J connectivity index is 1.66. The predicted octanol–water partition coefficient (Wildman–Crippen LogP) is 3.11.